The van der Waals surface area contributed by atoms with E-state index in [1.54, 1.807) is 48.4 Å². The third-order valence-electron chi connectivity index (χ3n) is 6.20. The summed E-state index contributed by atoms with van der Waals surface area (Å²) in [4.78, 5) is 43.0. The predicted molar refractivity (Wildman–Crippen MR) is 118 cm³/mol. The van der Waals surface area contributed by atoms with Crippen LogP contribution in [0.5, 0.6) is 5.75 Å². The molecule has 1 atom stereocenters. The quantitative estimate of drug-likeness (QED) is 0.670. The van der Waals surface area contributed by atoms with E-state index < -0.39 is 6.04 Å². The van der Waals surface area contributed by atoms with Gasteiger partial charge in [0.1, 0.15) is 11.6 Å². The van der Waals surface area contributed by atoms with Crippen molar-refractivity contribution in [3.05, 3.63) is 54.3 Å². The van der Waals surface area contributed by atoms with Crippen molar-refractivity contribution in [1.29, 1.82) is 0 Å². The average molecular weight is 439 g/mol. The zero-order chi connectivity index (χ0) is 22.8. The lowest BCUT2D eigenvalue weighted by molar-refractivity contribution is -0.123. The van der Waals surface area contributed by atoms with Gasteiger partial charge in [-0.1, -0.05) is 0 Å². The number of likely N-dealkylation sites (tertiary alicyclic amines) is 1. The number of carbonyl (C=O) groups is 3. The second-order valence-corrected chi connectivity index (χ2v) is 8.12. The van der Waals surface area contributed by atoms with Gasteiger partial charge in [0.05, 0.1) is 25.3 Å². The summed E-state index contributed by atoms with van der Waals surface area (Å²) in [6.07, 6.45) is 1.47. The predicted octanol–water partition coefficient (Wildman–Crippen LogP) is 2.98. The SMILES string of the molecule is COc1ccc(N2C(=O)CC(N3CCC(N(C(C)=O)c4ccc(F)cc4)CC3)C2=O)cc1. The van der Waals surface area contributed by atoms with E-state index in [0.29, 0.717) is 43.1 Å². The summed E-state index contributed by atoms with van der Waals surface area (Å²) in [6, 6.07) is 12.2. The number of nitrogens with zero attached hydrogens (tertiary/aromatic N) is 3. The molecule has 2 heterocycles. The van der Waals surface area contributed by atoms with Gasteiger partial charge in [-0.25, -0.2) is 9.29 Å². The monoisotopic (exact) mass is 439 g/mol. The van der Waals surface area contributed by atoms with Crippen molar-refractivity contribution in [2.24, 2.45) is 0 Å². The highest BCUT2D eigenvalue weighted by molar-refractivity contribution is 6.22. The van der Waals surface area contributed by atoms with Gasteiger partial charge in [-0.3, -0.25) is 19.3 Å². The first-order valence-electron chi connectivity index (χ1n) is 10.7. The molecule has 2 aliphatic heterocycles. The Kier molecular flexibility index (Phi) is 6.23. The Balaban J connectivity index is 1.43. The number of imide groups is 1. The van der Waals surface area contributed by atoms with Crippen LogP contribution in [0.15, 0.2) is 48.5 Å². The highest BCUT2D eigenvalue weighted by Crippen LogP contribution is 2.30. The van der Waals surface area contributed by atoms with Gasteiger partial charge in [0.2, 0.25) is 11.8 Å². The molecule has 0 radical (unpaired) electrons. The highest BCUT2D eigenvalue weighted by Gasteiger charge is 2.44. The summed E-state index contributed by atoms with van der Waals surface area (Å²) < 4.78 is 18.4. The fourth-order valence-corrected chi connectivity index (χ4v) is 4.61. The van der Waals surface area contributed by atoms with E-state index in [4.69, 9.17) is 4.74 Å². The molecule has 2 aromatic rings. The number of carbonyl (C=O) groups excluding carboxylic acids is 3. The molecule has 3 amide bonds. The maximum Gasteiger partial charge on any atom is 0.251 e. The number of amides is 3. The first-order chi connectivity index (χ1) is 15.4. The summed E-state index contributed by atoms with van der Waals surface area (Å²) in [5, 5.41) is 0. The smallest absolute Gasteiger partial charge is 0.251 e. The molecule has 7 nitrogen and oxygen atoms in total. The molecule has 0 N–H and O–H groups in total. The highest BCUT2D eigenvalue weighted by atomic mass is 19.1. The fourth-order valence-electron chi connectivity index (χ4n) is 4.61. The van der Waals surface area contributed by atoms with Crippen LogP contribution < -0.4 is 14.5 Å². The third-order valence-corrected chi connectivity index (χ3v) is 6.20. The normalized spacial score (nSPS) is 20.0. The molecule has 0 saturated carbocycles. The minimum atomic E-state index is -0.498. The Hall–Kier alpha value is -3.26. The summed E-state index contributed by atoms with van der Waals surface area (Å²) in [5.74, 6) is -0.238. The molecule has 2 fully saturated rings. The Morgan fingerprint density at radius 1 is 1.03 bits per heavy atom. The van der Waals surface area contributed by atoms with Crippen molar-refractivity contribution in [3.8, 4) is 5.75 Å². The lowest BCUT2D eigenvalue weighted by atomic mass is 10.00. The van der Waals surface area contributed by atoms with Gasteiger partial charge in [0.25, 0.3) is 5.91 Å². The summed E-state index contributed by atoms with van der Waals surface area (Å²) in [5.41, 5.74) is 1.20. The Morgan fingerprint density at radius 2 is 1.66 bits per heavy atom. The molecule has 0 bridgehead atoms. The van der Waals surface area contributed by atoms with E-state index in [1.807, 2.05) is 4.90 Å². The van der Waals surface area contributed by atoms with Gasteiger partial charge in [0, 0.05) is 31.7 Å². The van der Waals surface area contributed by atoms with Crippen molar-refractivity contribution < 1.29 is 23.5 Å². The van der Waals surface area contributed by atoms with Gasteiger partial charge in [-0.05, 0) is 61.4 Å². The van der Waals surface area contributed by atoms with Crippen LogP contribution in [0, 0.1) is 5.82 Å². The van der Waals surface area contributed by atoms with Crippen LogP contribution in [0.3, 0.4) is 0 Å². The molecule has 4 rings (SSSR count). The van der Waals surface area contributed by atoms with E-state index in [1.165, 1.54) is 24.0 Å². The van der Waals surface area contributed by atoms with E-state index in [2.05, 4.69) is 0 Å². The number of methoxy groups -OCH3 is 1. The first kappa shape index (κ1) is 22.0. The number of ether oxygens (including phenoxy) is 1. The molecule has 1 unspecified atom stereocenters. The summed E-state index contributed by atoms with van der Waals surface area (Å²) >= 11 is 0. The van der Waals surface area contributed by atoms with Crippen LogP contribution >= 0.6 is 0 Å². The van der Waals surface area contributed by atoms with Crippen molar-refractivity contribution in [2.75, 3.05) is 30.0 Å². The standard InChI is InChI=1S/C24H26FN3O4/c1-16(29)27(18-5-3-17(25)4-6-18)20-11-13-26(14-12-20)22-15-23(30)28(24(22)31)19-7-9-21(32-2)10-8-19/h3-10,20,22H,11-15H2,1-2H3. The number of halogens is 1. The first-order valence-corrected chi connectivity index (χ1v) is 10.7. The minimum absolute atomic E-state index is 0.0425. The molecule has 2 saturated heterocycles. The molecule has 0 aromatic heterocycles. The number of hydrogen-bond donors (Lipinski definition) is 0. The lowest BCUT2D eigenvalue weighted by Gasteiger charge is -2.39. The second kappa shape index (κ2) is 9.08. The Labute approximate surface area is 186 Å². The molecule has 8 heteroatoms. The molecule has 0 aliphatic carbocycles. The van der Waals surface area contributed by atoms with Crippen LogP contribution in [0.2, 0.25) is 0 Å². The third kappa shape index (κ3) is 4.23. The molecule has 168 valence electrons. The van der Waals surface area contributed by atoms with Crippen LogP contribution in [-0.2, 0) is 14.4 Å². The number of anilines is 2. The summed E-state index contributed by atoms with van der Waals surface area (Å²) in [7, 11) is 1.56. The Morgan fingerprint density at radius 3 is 2.22 bits per heavy atom. The number of rotatable bonds is 5. The van der Waals surface area contributed by atoms with Gasteiger partial charge >= 0.3 is 0 Å². The van der Waals surface area contributed by atoms with Crippen LogP contribution in [0.4, 0.5) is 15.8 Å². The molecule has 2 aliphatic rings. The number of benzene rings is 2. The van der Waals surface area contributed by atoms with Gasteiger partial charge in [0.15, 0.2) is 0 Å². The maximum atomic E-state index is 13.3. The average Bonchev–Trinajstić information content (AvgIpc) is 3.09. The van der Waals surface area contributed by atoms with Crippen molar-refractivity contribution in [3.63, 3.8) is 0 Å². The molecular weight excluding hydrogens is 413 g/mol. The second-order valence-electron chi connectivity index (χ2n) is 8.12. The molecular formula is C24H26FN3O4. The zero-order valence-electron chi connectivity index (χ0n) is 18.2. The van der Waals surface area contributed by atoms with E-state index in [0.717, 1.165) is 0 Å². The number of piperidine rings is 1. The van der Waals surface area contributed by atoms with Crippen LogP contribution in [0.25, 0.3) is 0 Å². The Bertz CT molecular complexity index is 1000. The largest absolute Gasteiger partial charge is 0.497 e. The summed E-state index contributed by atoms with van der Waals surface area (Å²) in [6.45, 7) is 2.69. The van der Waals surface area contributed by atoms with Crippen LogP contribution in [-0.4, -0.2) is 54.9 Å². The van der Waals surface area contributed by atoms with Crippen molar-refractivity contribution >= 4 is 29.1 Å². The van der Waals surface area contributed by atoms with Crippen LogP contribution in [0.1, 0.15) is 26.2 Å². The van der Waals surface area contributed by atoms with Crippen molar-refractivity contribution in [1.82, 2.24) is 4.90 Å². The minimum Gasteiger partial charge on any atom is -0.497 e. The fraction of sp³-hybridized carbons (Fsp3) is 0.375. The van der Waals surface area contributed by atoms with E-state index >= 15 is 0 Å². The molecule has 2 aromatic carbocycles. The van der Waals surface area contributed by atoms with Gasteiger partial charge in [-0.2, -0.15) is 0 Å². The zero-order valence-corrected chi connectivity index (χ0v) is 18.2. The van der Waals surface area contributed by atoms with Gasteiger partial charge < -0.3 is 9.64 Å². The molecule has 0 spiro atoms. The number of hydrogen-bond acceptors (Lipinski definition) is 5. The van der Waals surface area contributed by atoms with Crippen molar-refractivity contribution in [2.45, 2.75) is 38.3 Å². The van der Waals surface area contributed by atoms with E-state index in [-0.39, 0.29) is 36.0 Å². The van der Waals surface area contributed by atoms with E-state index in [9.17, 15) is 18.8 Å². The topological polar surface area (TPSA) is 70.2 Å². The van der Waals surface area contributed by atoms with Gasteiger partial charge in [-0.15, -0.1) is 0 Å². The molecule has 32 heavy (non-hydrogen) atoms. The lowest BCUT2D eigenvalue weighted by Crippen LogP contribution is -2.51. The maximum absolute atomic E-state index is 13.3.